The number of methoxy groups -OCH3 is 1. The van der Waals surface area contributed by atoms with Gasteiger partial charge in [0.2, 0.25) is 0 Å². The number of rotatable bonds is 12. The quantitative estimate of drug-likeness (QED) is 0.0786. The molecule has 0 unspecified atom stereocenters. The smallest absolute Gasteiger partial charge is 0.338 e. The first-order valence-electron chi connectivity index (χ1n) is 13.4. The Balaban J connectivity index is 1.39. The van der Waals surface area contributed by atoms with Gasteiger partial charge in [0.25, 0.3) is 5.91 Å². The summed E-state index contributed by atoms with van der Waals surface area (Å²) >= 11 is 7.43. The van der Waals surface area contributed by atoms with Crippen LogP contribution in [-0.4, -0.2) is 43.5 Å². The number of allylic oxidation sites excluding steroid dienone is 1. The van der Waals surface area contributed by atoms with Gasteiger partial charge in [-0.05, 0) is 90.1 Å². The number of hydrogen-bond acceptors (Lipinski definition) is 8. The second kappa shape index (κ2) is 15.5. The third kappa shape index (κ3) is 8.44. The zero-order valence-electron chi connectivity index (χ0n) is 24.1. The minimum absolute atomic E-state index is 0.215. The average Bonchev–Trinajstić information content (AvgIpc) is 3.00. The lowest BCUT2D eigenvalue weighted by Crippen LogP contribution is -2.45. The fraction of sp³-hybridized carbons (Fsp3) is 0.226. The Kier molecular flexibility index (Phi) is 11.5. The average molecular weight is 733 g/mol. The molecule has 1 heterocycles. The highest BCUT2D eigenvalue weighted by Crippen LogP contribution is 2.35. The normalized spacial score (nSPS) is 14.5. The van der Waals surface area contributed by atoms with Crippen molar-refractivity contribution < 1.29 is 32.9 Å². The molecule has 4 rings (SSSR count). The summed E-state index contributed by atoms with van der Waals surface area (Å²) < 4.78 is 36.4. The first-order chi connectivity index (χ1) is 21.2. The Morgan fingerprint density at radius 3 is 2.59 bits per heavy atom. The van der Waals surface area contributed by atoms with Crippen LogP contribution >= 0.6 is 34.8 Å². The number of carbonyl (C=O) groups excluding carboxylic acids is 2. The standard InChI is InChI=1S/C31H30FIN4O6S/c1-4-41-30(39)27-18(2)35-31(44)36-28(27)22-7-5-6-8-24(22)42-17-26(38)37-34-15-20-13-23(33)29(25(14-20)40-3)43-16-19-9-11-21(32)12-10-19/h5-15,28H,4,16-17H2,1-3H3,(H,37,38)(H2,35,36,44)/t28-/m0/s1. The number of ether oxygens (including phenoxy) is 4. The minimum atomic E-state index is -0.639. The Hall–Kier alpha value is -4.24. The Bertz CT molecular complexity index is 1600. The molecule has 0 fully saturated rings. The van der Waals surface area contributed by atoms with Crippen LogP contribution in [0.15, 0.2) is 77.0 Å². The van der Waals surface area contributed by atoms with E-state index in [4.69, 9.17) is 31.2 Å². The number of hydrazone groups is 1. The van der Waals surface area contributed by atoms with Crippen molar-refractivity contribution in [2.75, 3.05) is 20.3 Å². The van der Waals surface area contributed by atoms with Gasteiger partial charge in [-0.25, -0.2) is 14.6 Å². The van der Waals surface area contributed by atoms with Crippen molar-refractivity contribution >= 4 is 58.0 Å². The number of para-hydroxylation sites is 1. The predicted octanol–water partition coefficient (Wildman–Crippen LogP) is 4.90. The molecule has 44 heavy (non-hydrogen) atoms. The van der Waals surface area contributed by atoms with E-state index in [0.717, 1.165) is 9.13 Å². The summed E-state index contributed by atoms with van der Waals surface area (Å²) in [5.74, 6) is 0.0972. The van der Waals surface area contributed by atoms with Gasteiger partial charge in [-0.15, -0.1) is 0 Å². The zero-order valence-corrected chi connectivity index (χ0v) is 27.1. The fourth-order valence-electron chi connectivity index (χ4n) is 4.30. The van der Waals surface area contributed by atoms with Crippen LogP contribution in [0, 0.1) is 9.39 Å². The molecule has 3 aromatic rings. The number of hydrogen-bond donors (Lipinski definition) is 3. The number of nitrogens with one attached hydrogen (secondary N) is 3. The van der Waals surface area contributed by atoms with E-state index in [2.05, 4.69) is 43.8 Å². The topological polar surface area (TPSA) is 120 Å². The van der Waals surface area contributed by atoms with Crippen LogP contribution in [0.3, 0.4) is 0 Å². The van der Waals surface area contributed by atoms with Crippen LogP contribution in [-0.2, 0) is 20.9 Å². The van der Waals surface area contributed by atoms with Gasteiger partial charge in [-0.3, -0.25) is 4.79 Å². The first kappa shape index (κ1) is 32.7. The first-order valence-corrected chi connectivity index (χ1v) is 14.9. The van der Waals surface area contributed by atoms with E-state index in [1.54, 1.807) is 56.3 Å². The summed E-state index contributed by atoms with van der Waals surface area (Å²) in [5, 5.41) is 10.4. The van der Waals surface area contributed by atoms with E-state index in [1.807, 2.05) is 6.07 Å². The van der Waals surface area contributed by atoms with Crippen LogP contribution < -0.4 is 30.3 Å². The summed E-state index contributed by atoms with van der Waals surface area (Å²) in [5.41, 5.74) is 5.46. The van der Waals surface area contributed by atoms with E-state index >= 15 is 0 Å². The van der Waals surface area contributed by atoms with Gasteiger partial charge in [-0.2, -0.15) is 5.10 Å². The van der Waals surface area contributed by atoms with Crippen LogP contribution in [0.2, 0.25) is 0 Å². The SMILES string of the molecule is CCOC(=O)C1=C(C)NC(=S)N[C@H]1c1ccccc1OCC(=O)NN=Cc1cc(I)c(OCc2ccc(F)cc2)c(OC)c1. The maximum Gasteiger partial charge on any atom is 0.338 e. The molecular formula is C31H30FIN4O6S. The van der Waals surface area contributed by atoms with Gasteiger partial charge in [0.15, 0.2) is 23.2 Å². The lowest BCUT2D eigenvalue weighted by Gasteiger charge is -2.30. The molecule has 0 aromatic heterocycles. The molecule has 3 N–H and O–H groups in total. The molecule has 0 aliphatic carbocycles. The molecule has 0 saturated carbocycles. The largest absolute Gasteiger partial charge is 0.493 e. The van der Waals surface area contributed by atoms with Crippen molar-refractivity contribution in [3.05, 3.63) is 98.0 Å². The summed E-state index contributed by atoms with van der Waals surface area (Å²) in [7, 11) is 1.52. The Labute approximate surface area is 273 Å². The molecule has 1 aliphatic heterocycles. The van der Waals surface area contributed by atoms with Crippen LogP contribution in [0.1, 0.15) is 36.6 Å². The van der Waals surface area contributed by atoms with Crippen molar-refractivity contribution in [1.82, 2.24) is 16.1 Å². The van der Waals surface area contributed by atoms with Gasteiger partial charge in [0.1, 0.15) is 18.2 Å². The van der Waals surface area contributed by atoms with E-state index in [1.165, 1.54) is 25.5 Å². The van der Waals surface area contributed by atoms with Crippen LogP contribution in [0.4, 0.5) is 4.39 Å². The Morgan fingerprint density at radius 1 is 1.11 bits per heavy atom. The van der Waals surface area contributed by atoms with Gasteiger partial charge in [-0.1, -0.05) is 30.3 Å². The third-order valence-electron chi connectivity index (χ3n) is 6.30. The van der Waals surface area contributed by atoms with E-state index in [-0.39, 0.29) is 25.6 Å². The molecule has 0 radical (unpaired) electrons. The van der Waals surface area contributed by atoms with Gasteiger partial charge in [0.05, 0.1) is 35.1 Å². The third-order valence-corrected chi connectivity index (χ3v) is 7.33. The van der Waals surface area contributed by atoms with Gasteiger partial charge >= 0.3 is 5.97 Å². The zero-order chi connectivity index (χ0) is 31.6. The van der Waals surface area contributed by atoms with E-state index in [0.29, 0.717) is 44.8 Å². The second-order valence-electron chi connectivity index (χ2n) is 9.36. The lowest BCUT2D eigenvalue weighted by molar-refractivity contribution is -0.139. The highest BCUT2D eigenvalue weighted by atomic mass is 127. The molecule has 1 amide bonds. The summed E-state index contributed by atoms with van der Waals surface area (Å²) in [4.78, 5) is 25.3. The van der Waals surface area contributed by atoms with Crippen molar-refractivity contribution in [2.24, 2.45) is 5.10 Å². The number of benzene rings is 3. The van der Waals surface area contributed by atoms with Crippen molar-refractivity contribution in [3.8, 4) is 17.2 Å². The molecule has 10 nitrogen and oxygen atoms in total. The van der Waals surface area contributed by atoms with Crippen molar-refractivity contribution in [3.63, 3.8) is 0 Å². The molecule has 0 saturated heterocycles. The highest BCUT2D eigenvalue weighted by Gasteiger charge is 2.32. The number of amides is 1. The fourth-order valence-corrected chi connectivity index (χ4v) is 5.35. The highest BCUT2D eigenvalue weighted by molar-refractivity contribution is 14.1. The molecule has 230 valence electrons. The number of carbonyl (C=O) groups is 2. The summed E-state index contributed by atoms with van der Waals surface area (Å²) in [6.07, 6.45) is 1.47. The van der Waals surface area contributed by atoms with Crippen LogP contribution in [0.5, 0.6) is 17.2 Å². The van der Waals surface area contributed by atoms with E-state index < -0.39 is 17.9 Å². The molecule has 0 spiro atoms. The summed E-state index contributed by atoms with van der Waals surface area (Å²) in [6.45, 7) is 3.59. The Morgan fingerprint density at radius 2 is 1.86 bits per heavy atom. The number of halogens is 2. The lowest BCUT2D eigenvalue weighted by atomic mass is 9.95. The molecular weight excluding hydrogens is 702 g/mol. The molecule has 1 aliphatic rings. The molecule has 1 atom stereocenters. The maximum atomic E-state index is 13.2. The monoisotopic (exact) mass is 732 g/mol. The van der Waals surface area contributed by atoms with E-state index in [9.17, 15) is 14.0 Å². The summed E-state index contributed by atoms with van der Waals surface area (Å²) in [6, 6.07) is 16.0. The number of thiocarbonyl (C=S) groups is 1. The van der Waals surface area contributed by atoms with Crippen molar-refractivity contribution in [2.45, 2.75) is 26.5 Å². The predicted molar refractivity (Wildman–Crippen MR) is 175 cm³/mol. The van der Waals surface area contributed by atoms with Crippen LogP contribution in [0.25, 0.3) is 0 Å². The second-order valence-corrected chi connectivity index (χ2v) is 10.9. The molecule has 13 heteroatoms. The van der Waals surface area contributed by atoms with Gasteiger partial charge in [0, 0.05) is 11.3 Å². The molecule has 0 bridgehead atoms. The van der Waals surface area contributed by atoms with Crippen molar-refractivity contribution in [1.29, 1.82) is 0 Å². The minimum Gasteiger partial charge on any atom is -0.493 e. The maximum absolute atomic E-state index is 13.2. The number of nitrogens with zero attached hydrogens (tertiary/aromatic N) is 1. The van der Waals surface area contributed by atoms with Gasteiger partial charge < -0.3 is 29.6 Å². The number of esters is 1. The molecule has 3 aromatic carbocycles.